The van der Waals surface area contributed by atoms with Gasteiger partial charge in [0.1, 0.15) is 17.4 Å². The molecule has 3 saturated heterocycles. The van der Waals surface area contributed by atoms with Crippen LogP contribution in [0, 0.1) is 11.3 Å². The number of fused-ring (bicyclic) bond motifs is 2. The number of carbonyl (C=O) groups excluding carboxylic acids is 2. The van der Waals surface area contributed by atoms with Crippen LogP contribution in [0.4, 0.5) is 0 Å². The zero-order valence-corrected chi connectivity index (χ0v) is 32.3. The molecule has 7 rings (SSSR count). The fourth-order valence-electron chi connectivity index (χ4n) is 8.91. The van der Waals surface area contributed by atoms with Crippen molar-refractivity contribution >= 4 is 11.9 Å². The molecule has 4 aromatic carbocycles. The molecule has 8 nitrogen and oxygen atoms in total. The molecule has 0 saturated carbocycles. The first-order valence-corrected chi connectivity index (χ1v) is 19.9. The number of aliphatic hydroxyl groups excluding tert-OH is 1. The predicted octanol–water partition coefficient (Wildman–Crippen LogP) is 7.41. The number of nitrogens with zero attached hydrogens (tertiary/aromatic N) is 3. The van der Waals surface area contributed by atoms with E-state index >= 15 is 0 Å². The first kappa shape index (κ1) is 39.9. The third-order valence-electron chi connectivity index (χ3n) is 12.2. The molecule has 0 aliphatic carbocycles. The van der Waals surface area contributed by atoms with Crippen molar-refractivity contribution in [2.24, 2.45) is 0 Å². The molecule has 2 unspecified atom stereocenters. The van der Waals surface area contributed by atoms with Crippen LogP contribution in [-0.4, -0.2) is 84.9 Å². The molecule has 1 N–H and O–H groups in total. The van der Waals surface area contributed by atoms with Gasteiger partial charge < -0.3 is 24.4 Å². The second-order valence-electron chi connectivity index (χ2n) is 15.2. The van der Waals surface area contributed by atoms with Gasteiger partial charge in [-0.1, -0.05) is 121 Å². The first-order valence-electron chi connectivity index (χ1n) is 19.9. The van der Waals surface area contributed by atoms with E-state index in [1.54, 1.807) is 0 Å². The Morgan fingerprint density at radius 3 is 1.84 bits per heavy atom. The number of nitriles is 1. The zero-order chi connectivity index (χ0) is 38.7. The molecule has 0 aromatic heterocycles. The van der Waals surface area contributed by atoms with Gasteiger partial charge in [-0.25, -0.2) is 0 Å². The molecular weight excluding hydrogens is 687 g/mol. The van der Waals surface area contributed by atoms with Gasteiger partial charge in [0.15, 0.2) is 0 Å². The molecule has 0 radical (unpaired) electrons. The molecule has 0 amide bonds. The number of ether oxygens (including phenoxy) is 2. The molecule has 2 bridgehead atoms. The van der Waals surface area contributed by atoms with Crippen molar-refractivity contribution in [2.45, 2.75) is 86.8 Å². The van der Waals surface area contributed by atoms with Crippen LogP contribution in [0.3, 0.4) is 0 Å². The van der Waals surface area contributed by atoms with E-state index in [0.717, 1.165) is 54.7 Å². The molecule has 4 aromatic rings. The molecule has 3 aliphatic rings. The van der Waals surface area contributed by atoms with Crippen LogP contribution < -0.4 is 0 Å². The second-order valence-corrected chi connectivity index (χ2v) is 15.2. The van der Waals surface area contributed by atoms with E-state index in [9.17, 15) is 20.0 Å². The van der Waals surface area contributed by atoms with E-state index in [1.165, 1.54) is 12.8 Å². The molecule has 288 valence electrons. The molecule has 55 heavy (non-hydrogen) atoms. The normalized spacial score (nSPS) is 21.3. The Balaban J connectivity index is 0.000000209. The molecule has 0 spiro atoms. The van der Waals surface area contributed by atoms with Crippen molar-refractivity contribution in [1.82, 2.24) is 9.80 Å². The number of piperidine rings is 2. The summed E-state index contributed by atoms with van der Waals surface area (Å²) < 4.78 is 11.2. The van der Waals surface area contributed by atoms with E-state index in [0.29, 0.717) is 38.0 Å². The van der Waals surface area contributed by atoms with Gasteiger partial charge in [0.25, 0.3) is 0 Å². The first-order chi connectivity index (χ1) is 26.8. The minimum Gasteiger partial charge on any atom is -0.465 e. The number of hydrogen-bond acceptors (Lipinski definition) is 8. The summed E-state index contributed by atoms with van der Waals surface area (Å²) in [6.07, 6.45) is 6.38. The summed E-state index contributed by atoms with van der Waals surface area (Å²) >= 11 is 0. The van der Waals surface area contributed by atoms with E-state index in [1.807, 2.05) is 128 Å². The van der Waals surface area contributed by atoms with Crippen LogP contribution in [0.5, 0.6) is 0 Å². The molecule has 8 heteroatoms. The van der Waals surface area contributed by atoms with Gasteiger partial charge in [0.05, 0.1) is 24.7 Å². The number of esters is 2. The monoisotopic (exact) mass is 741 g/mol. The lowest BCUT2D eigenvalue weighted by Crippen LogP contribution is -2.49. The van der Waals surface area contributed by atoms with E-state index in [4.69, 9.17) is 9.47 Å². The lowest BCUT2D eigenvalue weighted by Gasteiger charge is -2.41. The average molecular weight is 742 g/mol. The Bertz CT molecular complexity index is 1790. The fourth-order valence-corrected chi connectivity index (χ4v) is 8.91. The molecular formula is C47H55N3O5. The smallest absolute Gasteiger partial charge is 0.316 e. The van der Waals surface area contributed by atoms with Gasteiger partial charge in [-0.3, -0.25) is 9.59 Å². The average Bonchev–Trinajstić information content (AvgIpc) is 3.42. The van der Waals surface area contributed by atoms with Crippen molar-refractivity contribution in [3.63, 3.8) is 0 Å². The third kappa shape index (κ3) is 9.02. The van der Waals surface area contributed by atoms with E-state index in [-0.39, 0.29) is 24.6 Å². The molecule has 3 heterocycles. The summed E-state index contributed by atoms with van der Waals surface area (Å²) in [5, 5.41) is 20.0. The maximum Gasteiger partial charge on any atom is 0.316 e. The Hall–Kier alpha value is -4.81. The predicted molar refractivity (Wildman–Crippen MR) is 214 cm³/mol. The topological polar surface area (TPSA) is 103 Å². The molecule has 3 fully saturated rings. The Morgan fingerprint density at radius 1 is 0.836 bits per heavy atom. The summed E-state index contributed by atoms with van der Waals surface area (Å²) in [6, 6.07) is 43.3. The van der Waals surface area contributed by atoms with Crippen LogP contribution in [0.2, 0.25) is 0 Å². The van der Waals surface area contributed by atoms with Crippen molar-refractivity contribution < 1.29 is 24.2 Å². The van der Waals surface area contributed by atoms with Gasteiger partial charge >= 0.3 is 11.9 Å². The van der Waals surface area contributed by atoms with Crippen LogP contribution in [0.1, 0.15) is 80.0 Å². The standard InChI is InChI=1S/C30H32N2O2.C17H23NO3/c1-2-34-28(33)29(25-12-6-3-7-13-25)18-21-32(22-19-29)23-20-30(24-31,26-14-8-4-9-15-26)27-16-10-5-11-17-27;1-18-13-7-8-14(18)10-15(9-13)21-17(20)16(11-19)12-5-3-2-4-6-12/h3-17H,2,18-23H2,1H3;2-6,13-16,19H,7-11H2,1H3/t;13-,14+,15?,16?. The van der Waals surface area contributed by atoms with Crippen molar-refractivity contribution in [1.29, 1.82) is 5.26 Å². The number of hydrogen-bond donors (Lipinski definition) is 1. The largest absolute Gasteiger partial charge is 0.465 e. The van der Waals surface area contributed by atoms with Crippen LogP contribution in [-0.2, 0) is 29.9 Å². The number of benzene rings is 4. The highest BCUT2D eigenvalue weighted by Crippen LogP contribution is 2.40. The highest BCUT2D eigenvalue weighted by atomic mass is 16.5. The number of carbonyl (C=O) groups is 2. The number of rotatable bonds is 12. The fraction of sp³-hybridized carbons (Fsp3) is 0.426. The summed E-state index contributed by atoms with van der Waals surface area (Å²) in [7, 11) is 2.17. The highest BCUT2D eigenvalue weighted by molar-refractivity contribution is 5.83. The summed E-state index contributed by atoms with van der Waals surface area (Å²) in [4.78, 5) is 30.2. The minimum atomic E-state index is -0.711. The quantitative estimate of drug-likeness (QED) is 0.150. The van der Waals surface area contributed by atoms with Gasteiger partial charge in [0, 0.05) is 18.6 Å². The van der Waals surface area contributed by atoms with Crippen molar-refractivity contribution in [3.05, 3.63) is 144 Å². The Morgan fingerprint density at radius 2 is 1.35 bits per heavy atom. The van der Waals surface area contributed by atoms with Gasteiger partial charge in [-0.15, -0.1) is 0 Å². The molecule has 4 atom stereocenters. The minimum absolute atomic E-state index is 0.00367. The Labute approximate surface area is 326 Å². The van der Waals surface area contributed by atoms with Gasteiger partial charge in [-0.05, 0) is 94.3 Å². The molecule has 3 aliphatic heterocycles. The maximum absolute atomic E-state index is 13.1. The third-order valence-corrected chi connectivity index (χ3v) is 12.2. The SMILES string of the molecule is CCOC(=O)C1(c2ccccc2)CCN(CCC(C#N)(c2ccccc2)c2ccccc2)CC1.CN1[C@@H]2CC[C@H]1CC(OC(=O)C(CO)c1ccccc1)C2. The van der Waals surface area contributed by atoms with Crippen LogP contribution >= 0.6 is 0 Å². The lowest BCUT2D eigenvalue weighted by atomic mass is 9.71. The van der Waals surface area contributed by atoms with E-state index in [2.05, 4.69) is 22.9 Å². The van der Waals surface area contributed by atoms with Gasteiger partial charge in [-0.2, -0.15) is 5.26 Å². The van der Waals surface area contributed by atoms with E-state index < -0.39 is 16.7 Å². The van der Waals surface area contributed by atoms with Crippen molar-refractivity contribution in [2.75, 3.05) is 39.9 Å². The summed E-state index contributed by atoms with van der Waals surface area (Å²) in [5.74, 6) is -0.984. The lowest BCUT2D eigenvalue weighted by molar-refractivity contribution is -0.155. The number of aliphatic hydroxyl groups is 1. The second kappa shape index (κ2) is 18.7. The Kier molecular flexibility index (Phi) is 13.5. The zero-order valence-electron chi connectivity index (χ0n) is 32.3. The summed E-state index contributed by atoms with van der Waals surface area (Å²) in [6.45, 7) is 4.40. The van der Waals surface area contributed by atoms with Crippen molar-refractivity contribution in [3.8, 4) is 6.07 Å². The maximum atomic E-state index is 13.1. The highest BCUT2D eigenvalue weighted by Gasteiger charge is 2.45. The summed E-state index contributed by atoms with van der Waals surface area (Å²) in [5.41, 5.74) is 2.59. The number of likely N-dealkylation sites (tertiary alicyclic amines) is 1. The van der Waals surface area contributed by atoms with Crippen LogP contribution in [0.15, 0.2) is 121 Å². The van der Waals surface area contributed by atoms with Crippen LogP contribution in [0.25, 0.3) is 0 Å². The van der Waals surface area contributed by atoms with Gasteiger partial charge in [0.2, 0.25) is 0 Å².